The van der Waals surface area contributed by atoms with Crippen molar-refractivity contribution in [2.24, 2.45) is 29.4 Å². The Morgan fingerprint density at radius 3 is 2.33 bits per heavy atom. The van der Waals surface area contributed by atoms with Gasteiger partial charge in [0.05, 0.1) is 5.75 Å². The number of sulfonamides is 1. The van der Waals surface area contributed by atoms with E-state index in [1.807, 2.05) is 24.3 Å². The maximum atomic E-state index is 12.4. The Morgan fingerprint density at radius 1 is 1.10 bits per heavy atom. The van der Waals surface area contributed by atoms with E-state index in [9.17, 15) is 8.42 Å². The molecule has 0 spiro atoms. The first-order chi connectivity index (χ1) is 10.1. The molecule has 2 bridgehead atoms. The number of benzene rings is 1. The molecule has 3 saturated carbocycles. The van der Waals surface area contributed by atoms with Crippen LogP contribution in [-0.2, 0) is 22.3 Å². The van der Waals surface area contributed by atoms with E-state index in [4.69, 9.17) is 5.73 Å². The molecule has 3 N–H and O–H groups in total. The third kappa shape index (κ3) is 2.31. The van der Waals surface area contributed by atoms with Gasteiger partial charge in [0.1, 0.15) is 0 Å². The lowest BCUT2D eigenvalue weighted by Crippen LogP contribution is -2.31. The van der Waals surface area contributed by atoms with Crippen LogP contribution in [0.4, 0.5) is 0 Å². The summed E-state index contributed by atoms with van der Waals surface area (Å²) in [6, 6.07) is 7.74. The molecule has 4 unspecified atom stereocenters. The predicted octanol–water partition coefficient (Wildman–Crippen LogP) is 1.61. The van der Waals surface area contributed by atoms with Gasteiger partial charge in [-0.1, -0.05) is 24.3 Å². The zero-order chi connectivity index (χ0) is 14.6. The van der Waals surface area contributed by atoms with Gasteiger partial charge in [-0.15, -0.1) is 0 Å². The van der Waals surface area contributed by atoms with Crippen molar-refractivity contribution in [3.63, 3.8) is 0 Å². The minimum atomic E-state index is -3.27. The Bertz CT molecular complexity index is 642. The zero-order valence-electron chi connectivity index (χ0n) is 12.0. The highest BCUT2D eigenvalue weighted by Crippen LogP contribution is 2.65. The monoisotopic (exact) mass is 306 g/mol. The summed E-state index contributed by atoms with van der Waals surface area (Å²) in [7, 11) is -3.27. The van der Waals surface area contributed by atoms with E-state index < -0.39 is 10.0 Å². The van der Waals surface area contributed by atoms with Crippen LogP contribution in [0.5, 0.6) is 0 Å². The van der Waals surface area contributed by atoms with E-state index in [0.29, 0.717) is 18.4 Å². The number of fused-ring (bicyclic) bond motifs is 5. The molecule has 0 aliphatic heterocycles. The van der Waals surface area contributed by atoms with Gasteiger partial charge >= 0.3 is 0 Å². The summed E-state index contributed by atoms with van der Waals surface area (Å²) in [5.41, 5.74) is 7.42. The molecule has 4 atom stereocenters. The summed E-state index contributed by atoms with van der Waals surface area (Å²) < 4.78 is 27.8. The molecule has 5 heteroatoms. The van der Waals surface area contributed by atoms with E-state index in [-0.39, 0.29) is 11.8 Å². The number of hydrogen-bond donors (Lipinski definition) is 2. The van der Waals surface area contributed by atoms with Gasteiger partial charge in [0.2, 0.25) is 10.0 Å². The van der Waals surface area contributed by atoms with E-state index in [1.165, 1.54) is 19.3 Å². The van der Waals surface area contributed by atoms with E-state index in [1.54, 1.807) is 0 Å². The molecule has 21 heavy (non-hydrogen) atoms. The first kappa shape index (κ1) is 13.7. The van der Waals surface area contributed by atoms with Crippen LogP contribution < -0.4 is 10.5 Å². The summed E-state index contributed by atoms with van der Waals surface area (Å²) in [5.74, 6) is 2.87. The van der Waals surface area contributed by atoms with E-state index in [2.05, 4.69) is 4.72 Å². The molecule has 3 fully saturated rings. The lowest BCUT2D eigenvalue weighted by Gasteiger charge is -2.12. The SMILES string of the molecule is NCc1ccccc1CS(=O)(=O)NC1C2C3CCC(C3)C12. The molecule has 0 saturated heterocycles. The van der Waals surface area contributed by atoms with Crippen LogP contribution in [0.3, 0.4) is 0 Å². The highest BCUT2D eigenvalue weighted by molar-refractivity contribution is 7.88. The van der Waals surface area contributed by atoms with E-state index in [0.717, 1.165) is 23.0 Å². The average Bonchev–Trinajstić information content (AvgIpc) is 2.85. The number of hydrogen-bond acceptors (Lipinski definition) is 3. The lowest BCUT2D eigenvalue weighted by atomic mass is 10.0. The molecule has 0 heterocycles. The lowest BCUT2D eigenvalue weighted by molar-refractivity contribution is 0.456. The molecular weight excluding hydrogens is 284 g/mol. The van der Waals surface area contributed by atoms with Crippen LogP contribution in [0.25, 0.3) is 0 Å². The van der Waals surface area contributed by atoms with E-state index >= 15 is 0 Å². The standard InChI is InChI=1S/C16H22N2O2S/c17-8-12-3-1-2-4-13(12)9-21(19,20)18-16-14-10-5-6-11(7-10)15(14)16/h1-4,10-11,14-16,18H,5-9,17H2. The Labute approximate surface area is 126 Å². The normalized spacial score (nSPS) is 36.7. The highest BCUT2D eigenvalue weighted by atomic mass is 32.2. The predicted molar refractivity (Wildman–Crippen MR) is 81.7 cm³/mol. The maximum absolute atomic E-state index is 12.4. The van der Waals surface area contributed by atoms with Crippen molar-refractivity contribution in [3.05, 3.63) is 35.4 Å². The van der Waals surface area contributed by atoms with Crippen molar-refractivity contribution in [2.75, 3.05) is 0 Å². The second kappa shape index (κ2) is 4.80. The minimum Gasteiger partial charge on any atom is -0.326 e. The first-order valence-electron chi connectivity index (χ1n) is 7.86. The highest BCUT2D eigenvalue weighted by Gasteiger charge is 2.65. The summed E-state index contributed by atoms with van der Waals surface area (Å²) in [4.78, 5) is 0. The molecule has 0 amide bonds. The summed E-state index contributed by atoms with van der Waals surface area (Å²) in [6.45, 7) is 0.379. The van der Waals surface area contributed by atoms with Crippen molar-refractivity contribution in [1.29, 1.82) is 0 Å². The molecule has 3 aliphatic rings. The van der Waals surface area contributed by atoms with Gasteiger partial charge in [0, 0.05) is 12.6 Å². The van der Waals surface area contributed by atoms with Gasteiger partial charge in [0.15, 0.2) is 0 Å². The van der Waals surface area contributed by atoms with Crippen molar-refractivity contribution >= 4 is 10.0 Å². The molecule has 1 aromatic carbocycles. The number of nitrogens with one attached hydrogen (secondary N) is 1. The number of nitrogens with two attached hydrogens (primary N) is 1. The van der Waals surface area contributed by atoms with Crippen LogP contribution >= 0.6 is 0 Å². The zero-order valence-corrected chi connectivity index (χ0v) is 12.9. The Hall–Kier alpha value is -0.910. The van der Waals surface area contributed by atoms with Gasteiger partial charge in [-0.25, -0.2) is 13.1 Å². The molecule has 4 nitrogen and oxygen atoms in total. The second-order valence-electron chi connectivity index (χ2n) is 6.86. The van der Waals surface area contributed by atoms with Crippen molar-refractivity contribution in [2.45, 2.75) is 37.6 Å². The second-order valence-corrected chi connectivity index (χ2v) is 8.62. The van der Waals surface area contributed by atoms with Gasteiger partial charge in [-0.3, -0.25) is 0 Å². The molecule has 4 rings (SSSR count). The molecule has 0 aromatic heterocycles. The smallest absolute Gasteiger partial charge is 0.216 e. The van der Waals surface area contributed by atoms with Gasteiger partial charge in [-0.2, -0.15) is 0 Å². The topological polar surface area (TPSA) is 72.2 Å². The van der Waals surface area contributed by atoms with Gasteiger partial charge < -0.3 is 5.73 Å². The molecular formula is C16H22N2O2S. The fourth-order valence-electron chi connectivity index (χ4n) is 4.83. The van der Waals surface area contributed by atoms with Crippen molar-refractivity contribution in [3.8, 4) is 0 Å². The maximum Gasteiger partial charge on any atom is 0.216 e. The number of rotatable bonds is 5. The van der Waals surface area contributed by atoms with Gasteiger partial charge in [0.25, 0.3) is 0 Å². The summed E-state index contributed by atoms with van der Waals surface area (Å²) in [5, 5.41) is 0. The molecule has 1 aromatic rings. The fourth-order valence-corrected chi connectivity index (χ4v) is 6.34. The Kier molecular flexibility index (Phi) is 3.14. The van der Waals surface area contributed by atoms with Crippen LogP contribution in [0.2, 0.25) is 0 Å². The average molecular weight is 306 g/mol. The largest absolute Gasteiger partial charge is 0.326 e. The molecule has 3 aliphatic carbocycles. The summed E-state index contributed by atoms with van der Waals surface area (Å²) in [6.07, 6.45) is 3.95. The third-order valence-electron chi connectivity index (χ3n) is 5.73. The Balaban J connectivity index is 1.46. The summed E-state index contributed by atoms with van der Waals surface area (Å²) >= 11 is 0. The Morgan fingerprint density at radius 2 is 1.71 bits per heavy atom. The van der Waals surface area contributed by atoms with Crippen LogP contribution in [-0.4, -0.2) is 14.5 Å². The minimum absolute atomic E-state index is 0.0473. The van der Waals surface area contributed by atoms with Crippen LogP contribution in [0.15, 0.2) is 24.3 Å². The molecule has 0 radical (unpaired) electrons. The quantitative estimate of drug-likeness (QED) is 0.868. The van der Waals surface area contributed by atoms with Crippen molar-refractivity contribution in [1.82, 2.24) is 4.72 Å². The third-order valence-corrected chi connectivity index (χ3v) is 7.06. The first-order valence-corrected chi connectivity index (χ1v) is 9.51. The molecule has 114 valence electrons. The fraction of sp³-hybridized carbons (Fsp3) is 0.625. The van der Waals surface area contributed by atoms with Crippen LogP contribution in [0.1, 0.15) is 30.4 Å². The van der Waals surface area contributed by atoms with Crippen molar-refractivity contribution < 1.29 is 8.42 Å². The van der Waals surface area contributed by atoms with Gasteiger partial charge in [-0.05, 0) is 54.1 Å². The van der Waals surface area contributed by atoms with Crippen LogP contribution in [0, 0.1) is 23.7 Å².